The lowest BCUT2D eigenvalue weighted by molar-refractivity contribution is 0.102. The Bertz CT molecular complexity index is 688. The zero-order valence-corrected chi connectivity index (χ0v) is 14.3. The van der Waals surface area contributed by atoms with Gasteiger partial charge in [0, 0.05) is 35.4 Å². The summed E-state index contributed by atoms with van der Waals surface area (Å²) in [6.45, 7) is 2.30. The topological polar surface area (TPSA) is 52.6 Å². The predicted molar refractivity (Wildman–Crippen MR) is 94.4 cm³/mol. The average molecular weight is 375 g/mol. The van der Waals surface area contributed by atoms with Crippen LogP contribution in [0.1, 0.15) is 22.3 Å². The number of aliphatic hydroxyl groups excluding tert-OH is 1. The third-order valence-corrected chi connectivity index (χ3v) is 4.54. The van der Waals surface area contributed by atoms with Crippen LogP contribution in [0.2, 0.25) is 0 Å². The largest absolute Gasteiger partial charge is 0.392 e. The number of para-hydroxylation sites is 1. The van der Waals surface area contributed by atoms with Gasteiger partial charge in [-0.05, 0) is 42.3 Å². The Kier molecular flexibility index (Phi) is 5.10. The average Bonchev–Trinajstić information content (AvgIpc) is 2.95. The number of rotatable bonds is 4. The summed E-state index contributed by atoms with van der Waals surface area (Å²) in [5, 5.41) is 12.6. The minimum atomic E-state index is -0.237. The first kappa shape index (κ1) is 16.2. The van der Waals surface area contributed by atoms with E-state index in [1.54, 1.807) is 12.1 Å². The van der Waals surface area contributed by atoms with E-state index in [1.165, 1.54) is 0 Å². The first-order valence-corrected chi connectivity index (χ1v) is 8.46. The molecule has 2 aromatic rings. The molecule has 1 atom stereocenters. The highest BCUT2D eigenvalue weighted by molar-refractivity contribution is 9.10. The maximum Gasteiger partial charge on any atom is 0.255 e. The quantitative estimate of drug-likeness (QED) is 0.863. The van der Waals surface area contributed by atoms with Crippen LogP contribution in [0.15, 0.2) is 53.0 Å². The van der Waals surface area contributed by atoms with Crippen LogP contribution in [0.25, 0.3) is 0 Å². The molecule has 23 heavy (non-hydrogen) atoms. The number of anilines is 1. The molecule has 0 saturated carbocycles. The zero-order valence-electron chi connectivity index (χ0n) is 12.7. The molecule has 1 amide bonds. The highest BCUT2D eigenvalue weighted by atomic mass is 79.9. The molecule has 120 valence electrons. The highest BCUT2D eigenvalue weighted by Gasteiger charge is 2.21. The van der Waals surface area contributed by atoms with Crippen molar-refractivity contribution < 1.29 is 9.90 Å². The number of aliphatic hydroxyl groups is 1. The van der Waals surface area contributed by atoms with Crippen molar-refractivity contribution in [3.63, 3.8) is 0 Å². The number of likely N-dealkylation sites (tertiary alicyclic amines) is 1. The molecule has 0 unspecified atom stereocenters. The van der Waals surface area contributed by atoms with E-state index < -0.39 is 0 Å². The summed E-state index contributed by atoms with van der Waals surface area (Å²) in [5.41, 5.74) is 2.51. The molecule has 0 aliphatic carbocycles. The second kappa shape index (κ2) is 7.25. The number of carbonyl (C=O) groups is 1. The molecule has 1 aliphatic heterocycles. The molecule has 1 saturated heterocycles. The minimum Gasteiger partial charge on any atom is -0.392 e. The monoisotopic (exact) mass is 374 g/mol. The van der Waals surface area contributed by atoms with Gasteiger partial charge in [0.1, 0.15) is 0 Å². The van der Waals surface area contributed by atoms with Crippen LogP contribution in [0.3, 0.4) is 0 Å². The fourth-order valence-corrected chi connectivity index (χ4v) is 3.04. The lowest BCUT2D eigenvalue weighted by Gasteiger charge is -2.18. The minimum absolute atomic E-state index is 0.119. The standard InChI is InChI=1S/C18H19BrN2O2/c19-15-7-5-13(6-8-15)18(23)20-17-4-2-1-3-14(17)11-21-10-9-16(22)12-21/h1-8,16,22H,9-12H2,(H,20,23)/t16-/m0/s1. The summed E-state index contributed by atoms with van der Waals surface area (Å²) in [6.07, 6.45) is 0.576. The van der Waals surface area contributed by atoms with Gasteiger partial charge in [-0.1, -0.05) is 34.1 Å². The number of halogens is 1. The van der Waals surface area contributed by atoms with Crippen molar-refractivity contribution in [2.75, 3.05) is 18.4 Å². The van der Waals surface area contributed by atoms with Crippen molar-refractivity contribution >= 4 is 27.5 Å². The van der Waals surface area contributed by atoms with Crippen LogP contribution >= 0.6 is 15.9 Å². The maximum atomic E-state index is 12.4. The van der Waals surface area contributed by atoms with E-state index in [1.807, 2.05) is 36.4 Å². The van der Waals surface area contributed by atoms with Crippen molar-refractivity contribution in [1.82, 2.24) is 4.90 Å². The van der Waals surface area contributed by atoms with Gasteiger partial charge in [-0.2, -0.15) is 0 Å². The first-order valence-electron chi connectivity index (χ1n) is 7.67. The van der Waals surface area contributed by atoms with E-state index in [9.17, 15) is 9.90 Å². The van der Waals surface area contributed by atoms with E-state index in [0.29, 0.717) is 12.1 Å². The van der Waals surface area contributed by atoms with Gasteiger partial charge in [-0.3, -0.25) is 9.69 Å². The molecule has 5 heteroatoms. The van der Waals surface area contributed by atoms with Gasteiger partial charge in [-0.25, -0.2) is 0 Å². The number of amides is 1. The van der Waals surface area contributed by atoms with Crippen LogP contribution in [-0.4, -0.2) is 35.1 Å². The van der Waals surface area contributed by atoms with Gasteiger partial charge < -0.3 is 10.4 Å². The zero-order chi connectivity index (χ0) is 16.2. The number of benzene rings is 2. The molecule has 2 aromatic carbocycles. The lowest BCUT2D eigenvalue weighted by atomic mass is 10.1. The summed E-state index contributed by atoms with van der Waals surface area (Å²) in [4.78, 5) is 14.6. The van der Waals surface area contributed by atoms with E-state index in [-0.39, 0.29) is 12.0 Å². The van der Waals surface area contributed by atoms with E-state index in [0.717, 1.165) is 35.2 Å². The molecule has 1 aliphatic rings. The number of hydrogen-bond donors (Lipinski definition) is 2. The number of carbonyl (C=O) groups excluding carboxylic acids is 1. The van der Waals surface area contributed by atoms with Crippen LogP contribution in [-0.2, 0) is 6.54 Å². The van der Waals surface area contributed by atoms with Crippen molar-refractivity contribution in [3.05, 3.63) is 64.1 Å². The van der Waals surface area contributed by atoms with Gasteiger partial charge in [0.25, 0.3) is 5.91 Å². The summed E-state index contributed by atoms with van der Waals surface area (Å²) >= 11 is 3.37. The fourth-order valence-electron chi connectivity index (χ4n) is 2.77. The Labute approximate surface area is 144 Å². The van der Waals surface area contributed by atoms with E-state index >= 15 is 0 Å². The van der Waals surface area contributed by atoms with E-state index in [4.69, 9.17) is 0 Å². The molecule has 3 rings (SSSR count). The first-order chi connectivity index (χ1) is 11.1. The maximum absolute atomic E-state index is 12.4. The normalized spacial score (nSPS) is 18.1. The van der Waals surface area contributed by atoms with Gasteiger partial charge in [0.2, 0.25) is 0 Å². The number of hydrogen-bond acceptors (Lipinski definition) is 3. The van der Waals surface area contributed by atoms with Crippen molar-refractivity contribution in [2.45, 2.75) is 19.1 Å². The third kappa shape index (κ3) is 4.19. The van der Waals surface area contributed by atoms with Gasteiger partial charge in [0.05, 0.1) is 6.10 Å². The number of β-amino-alcohol motifs (C(OH)–C–C–N with tert-alkyl or cyclic N) is 1. The number of nitrogens with zero attached hydrogens (tertiary/aromatic N) is 1. The Hall–Kier alpha value is -1.69. The molecular weight excluding hydrogens is 356 g/mol. The van der Waals surface area contributed by atoms with Gasteiger partial charge in [-0.15, -0.1) is 0 Å². The summed E-state index contributed by atoms with van der Waals surface area (Å²) in [6, 6.07) is 15.1. The smallest absolute Gasteiger partial charge is 0.255 e. The Balaban J connectivity index is 1.72. The molecule has 0 radical (unpaired) electrons. The van der Waals surface area contributed by atoms with Crippen molar-refractivity contribution in [2.24, 2.45) is 0 Å². The van der Waals surface area contributed by atoms with Crippen molar-refractivity contribution in [1.29, 1.82) is 0 Å². The molecule has 0 bridgehead atoms. The molecule has 1 heterocycles. The second-order valence-electron chi connectivity index (χ2n) is 5.80. The van der Waals surface area contributed by atoms with Crippen LogP contribution < -0.4 is 5.32 Å². The third-order valence-electron chi connectivity index (χ3n) is 4.01. The second-order valence-corrected chi connectivity index (χ2v) is 6.71. The van der Waals surface area contributed by atoms with Crippen LogP contribution in [0.4, 0.5) is 5.69 Å². The lowest BCUT2D eigenvalue weighted by Crippen LogP contribution is -2.22. The van der Waals surface area contributed by atoms with E-state index in [2.05, 4.69) is 26.1 Å². The van der Waals surface area contributed by atoms with Crippen LogP contribution in [0.5, 0.6) is 0 Å². The van der Waals surface area contributed by atoms with Gasteiger partial charge >= 0.3 is 0 Å². The Morgan fingerprint density at radius 3 is 2.65 bits per heavy atom. The summed E-state index contributed by atoms with van der Waals surface area (Å²) in [7, 11) is 0. The molecule has 0 aromatic heterocycles. The molecule has 2 N–H and O–H groups in total. The SMILES string of the molecule is O=C(Nc1ccccc1CN1CC[C@H](O)C1)c1ccc(Br)cc1. The molecule has 1 fully saturated rings. The Morgan fingerprint density at radius 1 is 1.22 bits per heavy atom. The molecule has 4 nitrogen and oxygen atoms in total. The Morgan fingerprint density at radius 2 is 1.96 bits per heavy atom. The van der Waals surface area contributed by atoms with Crippen LogP contribution in [0, 0.1) is 0 Å². The van der Waals surface area contributed by atoms with Crippen molar-refractivity contribution in [3.8, 4) is 0 Å². The summed E-state index contributed by atoms with van der Waals surface area (Å²) < 4.78 is 0.946. The summed E-state index contributed by atoms with van der Waals surface area (Å²) in [5.74, 6) is -0.119. The molecular formula is C18H19BrN2O2. The number of nitrogens with one attached hydrogen (secondary N) is 1. The fraction of sp³-hybridized carbons (Fsp3) is 0.278. The predicted octanol–water partition coefficient (Wildman–Crippen LogP) is 3.27. The molecule has 0 spiro atoms. The highest BCUT2D eigenvalue weighted by Crippen LogP contribution is 2.21. The van der Waals surface area contributed by atoms with Gasteiger partial charge in [0.15, 0.2) is 0 Å².